The van der Waals surface area contributed by atoms with Crippen LogP contribution in [-0.2, 0) is 0 Å². The Bertz CT molecular complexity index is 460. The van der Waals surface area contributed by atoms with Gasteiger partial charge in [-0.05, 0) is 52.7 Å². The number of hydrogen-bond donors (Lipinski definition) is 1. The highest BCUT2D eigenvalue weighted by atomic mass is 79.9. The number of nitrogen functional groups attached to an aromatic ring is 1. The summed E-state index contributed by atoms with van der Waals surface area (Å²) in [6.45, 7) is 10.3. The van der Waals surface area contributed by atoms with Gasteiger partial charge in [0.1, 0.15) is 0 Å². The van der Waals surface area contributed by atoms with E-state index in [1.807, 2.05) is 17.0 Å². The van der Waals surface area contributed by atoms with Crippen molar-refractivity contribution in [1.82, 2.24) is 4.90 Å². The van der Waals surface area contributed by atoms with Gasteiger partial charge in [-0.2, -0.15) is 0 Å². The minimum atomic E-state index is 0.0653. The molecule has 0 radical (unpaired) electrons. The number of amides is 1. The van der Waals surface area contributed by atoms with Crippen molar-refractivity contribution in [3.05, 3.63) is 28.2 Å². The standard InChI is InChI=1S/C17H27BrN2O/c1-12(2)8-10-20(11-9-13(3)4)17(21)14-6-5-7-15(19)16(14)18/h5-7,12-13H,8-11,19H2,1-4H3. The van der Waals surface area contributed by atoms with Gasteiger partial charge < -0.3 is 10.6 Å². The van der Waals surface area contributed by atoms with Crippen LogP contribution in [0.2, 0.25) is 0 Å². The van der Waals surface area contributed by atoms with Gasteiger partial charge in [0, 0.05) is 18.8 Å². The Hall–Kier alpha value is -1.03. The maximum atomic E-state index is 12.8. The Morgan fingerprint density at radius 1 is 1.14 bits per heavy atom. The van der Waals surface area contributed by atoms with Crippen molar-refractivity contribution in [2.75, 3.05) is 18.8 Å². The van der Waals surface area contributed by atoms with E-state index in [1.54, 1.807) is 6.07 Å². The van der Waals surface area contributed by atoms with E-state index in [-0.39, 0.29) is 5.91 Å². The Morgan fingerprint density at radius 2 is 1.67 bits per heavy atom. The van der Waals surface area contributed by atoms with Crippen LogP contribution in [0.1, 0.15) is 50.9 Å². The summed E-state index contributed by atoms with van der Waals surface area (Å²) >= 11 is 3.44. The fourth-order valence-corrected chi connectivity index (χ4v) is 2.46. The van der Waals surface area contributed by atoms with E-state index in [1.165, 1.54) is 0 Å². The number of nitrogens with two attached hydrogens (primary N) is 1. The van der Waals surface area contributed by atoms with E-state index in [2.05, 4.69) is 43.6 Å². The molecule has 0 atom stereocenters. The number of rotatable bonds is 7. The van der Waals surface area contributed by atoms with Crippen molar-refractivity contribution in [3.63, 3.8) is 0 Å². The molecular weight excluding hydrogens is 328 g/mol. The smallest absolute Gasteiger partial charge is 0.255 e. The zero-order valence-electron chi connectivity index (χ0n) is 13.5. The SMILES string of the molecule is CC(C)CCN(CCC(C)C)C(=O)c1cccc(N)c1Br. The van der Waals surface area contributed by atoms with Gasteiger partial charge in [-0.15, -0.1) is 0 Å². The summed E-state index contributed by atoms with van der Waals surface area (Å²) in [5.74, 6) is 1.24. The summed E-state index contributed by atoms with van der Waals surface area (Å²) in [5.41, 5.74) is 7.15. The molecular formula is C17H27BrN2O. The first kappa shape index (κ1) is 18.0. The molecule has 1 rings (SSSR count). The van der Waals surface area contributed by atoms with Gasteiger partial charge in [0.15, 0.2) is 0 Å². The topological polar surface area (TPSA) is 46.3 Å². The molecule has 0 saturated heterocycles. The molecule has 1 aromatic rings. The molecule has 0 aromatic heterocycles. The van der Waals surface area contributed by atoms with Crippen LogP contribution in [0.3, 0.4) is 0 Å². The lowest BCUT2D eigenvalue weighted by Crippen LogP contribution is -2.34. The number of carbonyl (C=O) groups excluding carboxylic acids is 1. The van der Waals surface area contributed by atoms with Crippen LogP contribution in [-0.4, -0.2) is 23.9 Å². The van der Waals surface area contributed by atoms with E-state index in [4.69, 9.17) is 5.73 Å². The Balaban J connectivity index is 2.89. The predicted octanol–water partition coefficient (Wildman–Crippen LogP) is 4.57. The van der Waals surface area contributed by atoms with Crippen molar-refractivity contribution in [2.24, 2.45) is 11.8 Å². The maximum absolute atomic E-state index is 12.8. The first-order chi connectivity index (χ1) is 9.82. The summed E-state index contributed by atoms with van der Waals surface area (Å²) in [4.78, 5) is 14.7. The summed E-state index contributed by atoms with van der Waals surface area (Å²) < 4.78 is 0.703. The maximum Gasteiger partial charge on any atom is 0.255 e. The third-order valence-electron chi connectivity index (χ3n) is 3.50. The van der Waals surface area contributed by atoms with Gasteiger partial charge in [-0.1, -0.05) is 33.8 Å². The highest BCUT2D eigenvalue weighted by Crippen LogP contribution is 2.25. The third kappa shape index (κ3) is 5.70. The fraction of sp³-hybridized carbons (Fsp3) is 0.588. The van der Waals surface area contributed by atoms with Crippen LogP contribution >= 0.6 is 15.9 Å². The lowest BCUT2D eigenvalue weighted by Gasteiger charge is -2.25. The third-order valence-corrected chi connectivity index (χ3v) is 4.38. The van der Waals surface area contributed by atoms with E-state index in [0.717, 1.165) is 25.9 Å². The highest BCUT2D eigenvalue weighted by molar-refractivity contribution is 9.10. The summed E-state index contributed by atoms with van der Waals surface area (Å²) in [5, 5.41) is 0. The lowest BCUT2D eigenvalue weighted by molar-refractivity contribution is 0.0740. The molecule has 4 heteroatoms. The number of halogens is 1. The van der Waals surface area contributed by atoms with Crippen LogP contribution in [0.5, 0.6) is 0 Å². The van der Waals surface area contributed by atoms with Gasteiger partial charge in [0.2, 0.25) is 0 Å². The average Bonchev–Trinajstić information content (AvgIpc) is 2.40. The molecule has 0 saturated carbocycles. The fourth-order valence-electron chi connectivity index (χ4n) is 2.03. The molecule has 0 aliphatic carbocycles. The van der Waals surface area contributed by atoms with E-state index >= 15 is 0 Å². The van der Waals surface area contributed by atoms with Crippen molar-refractivity contribution in [2.45, 2.75) is 40.5 Å². The van der Waals surface area contributed by atoms with E-state index in [0.29, 0.717) is 27.6 Å². The summed E-state index contributed by atoms with van der Waals surface area (Å²) in [6, 6.07) is 5.46. The Kier molecular flexibility index (Phi) is 7.23. The van der Waals surface area contributed by atoms with Crippen molar-refractivity contribution in [3.8, 4) is 0 Å². The number of nitrogens with zero attached hydrogens (tertiary/aromatic N) is 1. The van der Waals surface area contributed by atoms with Gasteiger partial charge in [0.25, 0.3) is 5.91 Å². The number of hydrogen-bond acceptors (Lipinski definition) is 2. The second-order valence-corrected chi connectivity index (χ2v) is 7.16. The van der Waals surface area contributed by atoms with Gasteiger partial charge in [-0.25, -0.2) is 0 Å². The van der Waals surface area contributed by atoms with Gasteiger partial charge >= 0.3 is 0 Å². The highest BCUT2D eigenvalue weighted by Gasteiger charge is 2.19. The molecule has 1 aromatic carbocycles. The first-order valence-electron chi connectivity index (χ1n) is 7.66. The van der Waals surface area contributed by atoms with Gasteiger partial charge in [0.05, 0.1) is 10.0 Å². The average molecular weight is 355 g/mol. The van der Waals surface area contributed by atoms with Crippen LogP contribution in [0, 0.1) is 11.8 Å². The van der Waals surface area contributed by atoms with Gasteiger partial charge in [-0.3, -0.25) is 4.79 Å². The summed E-state index contributed by atoms with van der Waals surface area (Å²) in [6.07, 6.45) is 2.04. The molecule has 118 valence electrons. The quantitative estimate of drug-likeness (QED) is 0.729. The number of benzene rings is 1. The molecule has 0 aliphatic rings. The first-order valence-corrected chi connectivity index (χ1v) is 8.45. The second kappa shape index (κ2) is 8.42. The summed E-state index contributed by atoms with van der Waals surface area (Å²) in [7, 11) is 0. The molecule has 0 heterocycles. The van der Waals surface area contributed by atoms with Crippen LogP contribution < -0.4 is 5.73 Å². The van der Waals surface area contributed by atoms with E-state index in [9.17, 15) is 4.79 Å². The minimum absolute atomic E-state index is 0.0653. The normalized spacial score (nSPS) is 11.2. The van der Waals surface area contributed by atoms with Crippen molar-refractivity contribution in [1.29, 1.82) is 0 Å². The molecule has 0 spiro atoms. The molecule has 0 aliphatic heterocycles. The molecule has 0 unspecified atom stereocenters. The molecule has 3 nitrogen and oxygen atoms in total. The largest absolute Gasteiger partial charge is 0.398 e. The van der Waals surface area contributed by atoms with Crippen LogP contribution in [0.4, 0.5) is 5.69 Å². The zero-order chi connectivity index (χ0) is 16.0. The molecule has 1 amide bonds. The van der Waals surface area contributed by atoms with Crippen LogP contribution in [0.25, 0.3) is 0 Å². The lowest BCUT2D eigenvalue weighted by atomic mass is 10.1. The molecule has 2 N–H and O–H groups in total. The predicted molar refractivity (Wildman–Crippen MR) is 93.4 cm³/mol. The zero-order valence-corrected chi connectivity index (χ0v) is 15.1. The monoisotopic (exact) mass is 354 g/mol. The Morgan fingerprint density at radius 3 is 2.14 bits per heavy atom. The second-order valence-electron chi connectivity index (χ2n) is 6.37. The molecule has 21 heavy (non-hydrogen) atoms. The number of anilines is 1. The number of carbonyl (C=O) groups is 1. The van der Waals surface area contributed by atoms with Crippen molar-refractivity contribution < 1.29 is 4.79 Å². The van der Waals surface area contributed by atoms with E-state index < -0.39 is 0 Å². The molecule has 0 fully saturated rings. The molecule has 0 bridgehead atoms. The minimum Gasteiger partial charge on any atom is -0.398 e. The van der Waals surface area contributed by atoms with Crippen LogP contribution in [0.15, 0.2) is 22.7 Å². The van der Waals surface area contributed by atoms with Crippen molar-refractivity contribution >= 4 is 27.5 Å². The Labute approximate surface area is 137 Å².